The van der Waals surface area contributed by atoms with Crippen LogP contribution in [0, 0.1) is 5.92 Å². The molecule has 0 aliphatic carbocycles. The van der Waals surface area contributed by atoms with Gasteiger partial charge in [0, 0.05) is 60.3 Å². The van der Waals surface area contributed by atoms with Crippen LogP contribution in [0.4, 0.5) is 16.2 Å². The lowest BCUT2D eigenvalue weighted by molar-refractivity contribution is -0.134. The number of urea groups is 1. The fourth-order valence-electron chi connectivity index (χ4n) is 5.23. The normalized spacial score (nSPS) is 18.0. The lowest BCUT2D eigenvalue weighted by Crippen LogP contribution is -2.47. The van der Waals surface area contributed by atoms with Crippen molar-refractivity contribution in [3.63, 3.8) is 0 Å². The maximum Gasteiger partial charge on any atom is 0.323 e. The van der Waals surface area contributed by atoms with Crippen LogP contribution in [0.5, 0.6) is 5.75 Å². The lowest BCUT2D eigenvalue weighted by atomic mass is 10.0. The molecule has 0 radical (unpaired) electrons. The third-order valence-corrected chi connectivity index (χ3v) is 7.58. The molecule has 0 spiro atoms. The number of aliphatic hydroxyl groups excluding tert-OH is 1. The second-order valence-corrected chi connectivity index (χ2v) is 11.0. The maximum absolute atomic E-state index is 13.5. The van der Waals surface area contributed by atoms with Crippen LogP contribution in [-0.4, -0.2) is 70.7 Å². The molecule has 4 aromatic rings. The number of hydrogen-bond donors (Lipinski definition) is 3. The molecule has 0 saturated heterocycles. The van der Waals surface area contributed by atoms with Crippen molar-refractivity contribution in [3.05, 3.63) is 84.4 Å². The molecule has 1 aliphatic heterocycles. The van der Waals surface area contributed by atoms with E-state index in [4.69, 9.17) is 9.15 Å². The number of aromatic nitrogens is 1. The zero-order valence-corrected chi connectivity index (χ0v) is 24.1. The number of furan rings is 1. The molecule has 0 fully saturated rings. The van der Waals surface area contributed by atoms with Crippen molar-refractivity contribution in [2.24, 2.45) is 5.92 Å². The SMILES string of the molecule is CC1CN([C@@H](C)CO)C(=O)Cc2cc(NC(=O)Nc3ccc4occc4c3)ccc2O[C@H]1CN(C)Cc1ccncc1. The molecule has 3 amide bonds. The van der Waals surface area contributed by atoms with Crippen LogP contribution >= 0.6 is 0 Å². The van der Waals surface area contributed by atoms with Gasteiger partial charge in [0.2, 0.25) is 5.91 Å². The van der Waals surface area contributed by atoms with E-state index >= 15 is 0 Å². The standard InChI is InChI=1S/C32H37N5O5/c1-21-17-37(22(2)20-38)31(39)16-25-15-27(35-32(40)34-26-4-6-28-24(14-26)10-13-41-28)5-7-29(25)42-30(21)19-36(3)18-23-8-11-33-12-9-23/h4-15,21-22,30,38H,16-20H2,1-3H3,(H2,34,35,40)/t21?,22-,30-/m0/s1. The van der Waals surface area contributed by atoms with Gasteiger partial charge in [-0.3, -0.25) is 14.7 Å². The third kappa shape index (κ3) is 7.07. The number of aliphatic hydroxyl groups is 1. The van der Waals surface area contributed by atoms with Gasteiger partial charge in [0.05, 0.1) is 25.3 Å². The van der Waals surface area contributed by atoms with Gasteiger partial charge in [0.25, 0.3) is 0 Å². The maximum atomic E-state index is 13.5. The van der Waals surface area contributed by atoms with Gasteiger partial charge in [-0.05, 0) is 74.1 Å². The van der Waals surface area contributed by atoms with Crippen LogP contribution in [0.25, 0.3) is 11.0 Å². The summed E-state index contributed by atoms with van der Waals surface area (Å²) in [6.45, 7) is 5.59. The van der Waals surface area contributed by atoms with Crippen LogP contribution < -0.4 is 15.4 Å². The van der Waals surface area contributed by atoms with E-state index in [2.05, 4.69) is 27.4 Å². The third-order valence-electron chi connectivity index (χ3n) is 7.58. The molecule has 0 bridgehead atoms. The highest BCUT2D eigenvalue weighted by Crippen LogP contribution is 2.29. The summed E-state index contributed by atoms with van der Waals surface area (Å²) < 4.78 is 12.0. The van der Waals surface area contributed by atoms with Crippen molar-refractivity contribution in [1.82, 2.24) is 14.8 Å². The second kappa shape index (κ2) is 13.1. The number of pyridine rings is 1. The van der Waals surface area contributed by atoms with E-state index < -0.39 is 6.03 Å². The number of ether oxygens (including phenoxy) is 1. The highest BCUT2D eigenvalue weighted by atomic mass is 16.5. The molecule has 1 aliphatic rings. The van der Waals surface area contributed by atoms with Crippen molar-refractivity contribution < 1.29 is 23.8 Å². The number of carbonyl (C=O) groups is 2. The fourth-order valence-corrected chi connectivity index (χ4v) is 5.23. The van der Waals surface area contributed by atoms with Gasteiger partial charge in [-0.15, -0.1) is 0 Å². The van der Waals surface area contributed by atoms with Gasteiger partial charge in [0.15, 0.2) is 0 Å². The first-order valence-electron chi connectivity index (χ1n) is 14.1. The van der Waals surface area contributed by atoms with Gasteiger partial charge in [0.1, 0.15) is 17.4 Å². The molecule has 10 nitrogen and oxygen atoms in total. The number of amides is 3. The smallest absolute Gasteiger partial charge is 0.323 e. The summed E-state index contributed by atoms with van der Waals surface area (Å²) in [6, 6.07) is 15.8. The van der Waals surface area contributed by atoms with Gasteiger partial charge in [-0.1, -0.05) is 6.92 Å². The summed E-state index contributed by atoms with van der Waals surface area (Å²) in [5.74, 6) is 0.492. The fraction of sp³-hybridized carbons (Fsp3) is 0.344. The minimum Gasteiger partial charge on any atom is -0.488 e. The van der Waals surface area contributed by atoms with Crippen LogP contribution in [0.3, 0.4) is 0 Å². The molecule has 3 atom stereocenters. The Bertz CT molecular complexity index is 1520. The number of hydrogen-bond acceptors (Lipinski definition) is 7. The van der Waals surface area contributed by atoms with Gasteiger partial charge in [-0.25, -0.2) is 4.79 Å². The van der Waals surface area contributed by atoms with Crippen molar-refractivity contribution in [2.45, 2.75) is 39.0 Å². The number of carbonyl (C=O) groups excluding carboxylic acids is 2. The van der Waals surface area contributed by atoms with Crippen molar-refractivity contribution in [1.29, 1.82) is 0 Å². The van der Waals surface area contributed by atoms with E-state index in [9.17, 15) is 14.7 Å². The molecule has 2 aromatic carbocycles. The van der Waals surface area contributed by atoms with Crippen LogP contribution in [-0.2, 0) is 17.8 Å². The Hall–Kier alpha value is -4.41. The number of rotatable bonds is 8. The highest BCUT2D eigenvalue weighted by molar-refractivity contribution is 6.01. The molecular weight excluding hydrogens is 534 g/mol. The summed E-state index contributed by atoms with van der Waals surface area (Å²) in [5.41, 5.74) is 3.72. The quantitative estimate of drug-likeness (QED) is 0.279. The first-order chi connectivity index (χ1) is 20.3. The molecule has 3 N–H and O–H groups in total. The summed E-state index contributed by atoms with van der Waals surface area (Å²) in [7, 11) is 2.04. The van der Waals surface area contributed by atoms with E-state index in [1.54, 1.807) is 47.8 Å². The molecular formula is C32H37N5O5. The zero-order valence-electron chi connectivity index (χ0n) is 24.1. The number of likely N-dealkylation sites (N-methyl/N-ethyl adjacent to an activating group) is 1. The minimum atomic E-state index is -0.409. The Balaban J connectivity index is 1.35. The second-order valence-electron chi connectivity index (χ2n) is 11.0. The number of fused-ring (bicyclic) bond motifs is 2. The molecule has 220 valence electrons. The van der Waals surface area contributed by atoms with Gasteiger partial charge < -0.3 is 29.8 Å². The number of nitrogens with one attached hydrogen (secondary N) is 2. The molecule has 10 heteroatoms. The first-order valence-corrected chi connectivity index (χ1v) is 14.1. The molecule has 0 saturated carbocycles. The summed E-state index contributed by atoms with van der Waals surface area (Å²) in [6.07, 6.45) is 5.02. The predicted octanol–water partition coefficient (Wildman–Crippen LogP) is 4.75. The Morgan fingerprint density at radius 1 is 1.12 bits per heavy atom. The zero-order chi connectivity index (χ0) is 29.6. The summed E-state index contributed by atoms with van der Waals surface area (Å²) in [5, 5.41) is 16.5. The topological polar surface area (TPSA) is 120 Å². The summed E-state index contributed by atoms with van der Waals surface area (Å²) >= 11 is 0. The van der Waals surface area contributed by atoms with E-state index in [0.29, 0.717) is 35.8 Å². The Labute approximate surface area is 245 Å². The number of anilines is 2. The highest BCUT2D eigenvalue weighted by Gasteiger charge is 2.31. The van der Waals surface area contributed by atoms with E-state index in [0.717, 1.165) is 23.1 Å². The Kier molecular flexibility index (Phi) is 9.04. The number of benzene rings is 2. The minimum absolute atomic E-state index is 0.00932. The molecule has 5 rings (SSSR count). The monoisotopic (exact) mass is 571 g/mol. The number of nitrogens with zero attached hydrogens (tertiary/aromatic N) is 3. The predicted molar refractivity (Wildman–Crippen MR) is 161 cm³/mol. The van der Waals surface area contributed by atoms with E-state index in [1.165, 1.54) is 0 Å². The lowest BCUT2D eigenvalue weighted by Gasteiger charge is -2.34. The van der Waals surface area contributed by atoms with Crippen molar-refractivity contribution >= 4 is 34.3 Å². The van der Waals surface area contributed by atoms with E-state index in [1.807, 2.05) is 44.3 Å². The summed E-state index contributed by atoms with van der Waals surface area (Å²) in [4.78, 5) is 34.3. The average Bonchev–Trinajstić information content (AvgIpc) is 3.45. The van der Waals surface area contributed by atoms with Crippen LogP contribution in [0.15, 0.2) is 77.7 Å². The average molecular weight is 572 g/mol. The largest absolute Gasteiger partial charge is 0.488 e. The molecule has 3 heterocycles. The van der Waals surface area contributed by atoms with Crippen LogP contribution in [0.2, 0.25) is 0 Å². The Morgan fingerprint density at radius 2 is 1.86 bits per heavy atom. The van der Waals surface area contributed by atoms with E-state index in [-0.39, 0.29) is 37.0 Å². The molecule has 1 unspecified atom stereocenters. The van der Waals surface area contributed by atoms with Gasteiger partial charge in [-0.2, -0.15) is 0 Å². The molecule has 2 aromatic heterocycles. The van der Waals surface area contributed by atoms with Crippen molar-refractivity contribution in [2.75, 3.05) is 37.4 Å². The molecule has 42 heavy (non-hydrogen) atoms. The first kappa shape index (κ1) is 29.1. The van der Waals surface area contributed by atoms with Crippen molar-refractivity contribution in [3.8, 4) is 5.75 Å². The Morgan fingerprint density at radius 3 is 2.62 bits per heavy atom. The van der Waals surface area contributed by atoms with Crippen LogP contribution in [0.1, 0.15) is 25.0 Å². The van der Waals surface area contributed by atoms with Gasteiger partial charge >= 0.3 is 6.03 Å².